The van der Waals surface area contributed by atoms with E-state index in [0.29, 0.717) is 35.5 Å². The molecule has 2 aliphatic rings. The molecule has 2 heterocycles. The number of carbonyl (C=O) groups excluding carboxylic acids is 3. The summed E-state index contributed by atoms with van der Waals surface area (Å²) in [6.45, 7) is 6.16. The average molecular weight is 426 g/mol. The predicted molar refractivity (Wildman–Crippen MR) is 110 cm³/mol. The molecule has 2 saturated heterocycles. The SMILES string of the molecule is CCOc1cc(C2CCN(C(=O)CC)CC2)cc(OC)c1Cl.O=C1CNC(=O)N1. The molecule has 2 fully saturated rings. The first-order chi connectivity index (χ1) is 13.9. The number of imide groups is 1. The number of rotatable bonds is 5. The second-order valence-corrected chi connectivity index (χ2v) is 7.09. The number of amides is 4. The lowest BCUT2D eigenvalue weighted by Gasteiger charge is -2.32. The highest BCUT2D eigenvalue weighted by Gasteiger charge is 2.24. The minimum absolute atomic E-state index is 0.124. The van der Waals surface area contributed by atoms with Gasteiger partial charge in [0.05, 0.1) is 20.3 Å². The molecule has 3 rings (SSSR count). The summed E-state index contributed by atoms with van der Waals surface area (Å²) in [6, 6.07) is 3.60. The van der Waals surface area contributed by atoms with Crippen molar-refractivity contribution in [3.8, 4) is 11.5 Å². The Hall–Kier alpha value is -2.48. The Labute approximate surface area is 175 Å². The maximum absolute atomic E-state index is 11.8. The molecule has 0 unspecified atom stereocenters. The number of hydrogen-bond donors (Lipinski definition) is 2. The monoisotopic (exact) mass is 425 g/mol. The van der Waals surface area contributed by atoms with Crippen molar-refractivity contribution in [3.05, 3.63) is 22.7 Å². The van der Waals surface area contributed by atoms with E-state index in [1.165, 1.54) is 5.56 Å². The van der Waals surface area contributed by atoms with Crippen molar-refractivity contribution in [2.45, 2.75) is 39.0 Å². The molecule has 0 bridgehead atoms. The van der Waals surface area contributed by atoms with E-state index in [1.807, 2.05) is 36.2 Å². The Kier molecular flexibility index (Phi) is 8.57. The average Bonchev–Trinajstić information content (AvgIpc) is 3.12. The van der Waals surface area contributed by atoms with Crippen molar-refractivity contribution in [2.75, 3.05) is 33.4 Å². The van der Waals surface area contributed by atoms with Crippen LogP contribution in [0.25, 0.3) is 0 Å². The third kappa shape index (κ3) is 6.25. The summed E-state index contributed by atoms with van der Waals surface area (Å²) in [6.07, 6.45) is 2.50. The van der Waals surface area contributed by atoms with Crippen LogP contribution in [0.1, 0.15) is 44.6 Å². The highest BCUT2D eigenvalue weighted by molar-refractivity contribution is 6.33. The van der Waals surface area contributed by atoms with Gasteiger partial charge >= 0.3 is 6.03 Å². The van der Waals surface area contributed by atoms with Gasteiger partial charge in [0.2, 0.25) is 11.8 Å². The molecule has 0 radical (unpaired) electrons. The number of hydrogen-bond acceptors (Lipinski definition) is 5. The van der Waals surface area contributed by atoms with Crippen molar-refractivity contribution in [3.63, 3.8) is 0 Å². The van der Waals surface area contributed by atoms with Crippen LogP contribution in [0.3, 0.4) is 0 Å². The second kappa shape index (κ2) is 10.9. The quantitative estimate of drug-likeness (QED) is 0.707. The van der Waals surface area contributed by atoms with Gasteiger partial charge in [0.1, 0.15) is 16.5 Å². The fourth-order valence-corrected chi connectivity index (χ4v) is 3.54. The summed E-state index contributed by atoms with van der Waals surface area (Å²) in [4.78, 5) is 33.8. The van der Waals surface area contributed by atoms with Gasteiger partial charge in [-0.2, -0.15) is 0 Å². The highest BCUT2D eigenvalue weighted by Crippen LogP contribution is 2.40. The molecule has 1 aromatic rings. The maximum atomic E-state index is 11.8. The van der Waals surface area contributed by atoms with E-state index in [-0.39, 0.29) is 18.4 Å². The molecule has 2 N–H and O–H groups in total. The van der Waals surface area contributed by atoms with Crippen molar-refractivity contribution in [1.29, 1.82) is 0 Å². The molecule has 0 atom stereocenters. The normalized spacial score (nSPS) is 16.5. The Morgan fingerprint density at radius 3 is 2.31 bits per heavy atom. The van der Waals surface area contributed by atoms with E-state index in [4.69, 9.17) is 21.1 Å². The summed E-state index contributed by atoms with van der Waals surface area (Å²) in [7, 11) is 1.61. The first-order valence-electron chi connectivity index (χ1n) is 9.75. The second-order valence-electron chi connectivity index (χ2n) is 6.71. The Bertz CT molecular complexity index is 734. The zero-order valence-electron chi connectivity index (χ0n) is 17.0. The standard InChI is InChI=1S/C17H24ClNO3.C3H4N2O2/c1-4-16(20)19-8-6-12(7-9-19)13-10-14(21-3)17(18)15(11-13)22-5-2;6-2-1-4-3(7)5-2/h10-12H,4-9H2,1-3H3;1H2,(H2,4,5,6,7). The Balaban J connectivity index is 0.000000360. The van der Waals surface area contributed by atoms with Gasteiger partial charge < -0.3 is 19.7 Å². The summed E-state index contributed by atoms with van der Waals surface area (Å²) < 4.78 is 11.0. The number of benzene rings is 1. The van der Waals surface area contributed by atoms with Gasteiger partial charge in [-0.3, -0.25) is 14.9 Å². The van der Waals surface area contributed by atoms with Crippen LogP contribution < -0.4 is 20.1 Å². The number of halogens is 1. The molecule has 4 amide bonds. The Morgan fingerprint density at radius 1 is 1.21 bits per heavy atom. The molecule has 0 aliphatic carbocycles. The number of likely N-dealkylation sites (tertiary alicyclic amines) is 1. The molecular weight excluding hydrogens is 398 g/mol. The van der Waals surface area contributed by atoms with E-state index in [0.717, 1.165) is 25.9 Å². The number of nitrogens with zero attached hydrogens (tertiary/aromatic N) is 1. The van der Waals surface area contributed by atoms with E-state index in [1.54, 1.807) is 7.11 Å². The lowest BCUT2D eigenvalue weighted by molar-refractivity contribution is -0.131. The van der Waals surface area contributed by atoms with Crippen molar-refractivity contribution < 1.29 is 23.9 Å². The van der Waals surface area contributed by atoms with Crippen LogP contribution in [-0.2, 0) is 9.59 Å². The van der Waals surface area contributed by atoms with Crippen LogP contribution in [0.5, 0.6) is 11.5 Å². The van der Waals surface area contributed by atoms with Crippen LogP contribution in [0.15, 0.2) is 12.1 Å². The van der Waals surface area contributed by atoms with E-state index < -0.39 is 6.03 Å². The molecule has 0 aromatic heterocycles. The zero-order valence-corrected chi connectivity index (χ0v) is 17.8. The topological polar surface area (TPSA) is 97.0 Å². The minimum Gasteiger partial charge on any atom is -0.495 e. The first-order valence-corrected chi connectivity index (χ1v) is 10.1. The largest absolute Gasteiger partial charge is 0.495 e. The predicted octanol–water partition coefficient (Wildman–Crippen LogP) is 2.69. The van der Waals surface area contributed by atoms with Crippen LogP contribution in [0, 0.1) is 0 Å². The molecule has 0 saturated carbocycles. The molecule has 2 aliphatic heterocycles. The summed E-state index contributed by atoms with van der Waals surface area (Å²) in [5.41, 5.74) is 1.17. The Morgan fingerprint density at radius 2 is 1.86 bits per heavy atom. The molecule has 160 valence electrons. The summed E-state index contributed by atoms with van der Waals surface area (Å²) in [5.74, 6) is 1.71. The molecule has 8 nitrogen and oxygen atoms in total. The van der Waals surface area contributed by atoms with Crippen LogP contribution >= 0.6 is 11.6 Å². The van der Waals surface area contributed by atoms with E-state index >= 15 is 0 Å². The summed E-state index contributed by atoms with van der Waals surface area (Å²) in [5, 5.41) is 4.82. The molecule has 9 heteroatoms. The fourth-order valence-electron chi connectivity index (χ4n) is 3.30. The fraction of sp³-hybridized carbons (Fsp3) is 0.550. The zero-order chi connectivity index (χ0) is 21.4. The molecule has 1 aromatic carbocycles. The van der Waals surface area contributed by atoms with Gasteiger partial charge in [0.15, 0.2) is 0 Å². The van der Waals surface area contributed by atoms with Crippen molar-refractivity contribution in [1.82, 2.24) is 15.5 Å². The van der Waals surface area contributed by atoms with Gasteiger partial charge in [-0.15, -0.1) is 0 Å². The lowest BCUT2D eigenvalue weighted by atomic mass is 9.89. The number of methoxy groups -OCH3 is 1. The van der Waals surface area contributed by atoms with Crippen molar-refractivity contribution >= 4 is 29.4 Å². The number of carbonyl (C=O) groups is 3. The molecule has 0 spiro atoms. The maximum Gasteiger partial charge on any atom is 0.321 e. The lowest BCUT2D eigenvalue weighted by Crippen LogP contribution is -2.37. The molecule has 29 heavy (non-hydrogen) atoms. The van der Waals surface area contributed by atoms with Gasteiger partial charge in [-0.25, -0.2) is 4.79 Å². The smallest absolute Gasteiger partial charge is 0.321 e. The third-order valence-corrected chi connectivity index (χ3v) is 5.20. The van der Waals surface area contributed by atoms with Crippen LogP contribution in [0.2, 0.25) is 5.02 Å². The van der Waals surface area contributed by atoms with E-state index in [9.17, 15) is 14.4 Å². The van der Waals surface area contributed by atoms with Crippen LogP contribution in [-0.4, -0.2) is 56.1 Å². The molecular formula is C20H28ClN3O5. The number of ether oxygens (including phenoxy) is 2. The van der Waals surface area contributed by atoms with Gasteiger partial charge in [-0.05, 0) is 43.4 Å². The minimum atomic E-state index is -0.398. The highest BCUT2D eigenvalue weighted by atomic mass is 35.5. The number of urea groups is 1. The number of piperidine rings is 1. The first kappa shape index (κ1) is 22.8. The van der Waals surface area contributed by atoms with Gasteiger partial charge in [0, 0.05) is 19.5 Å². The van der Waals surface area contributed by atoms with Gasteiger partial charge in [-0.1, -0.05) is 18.5 Å². The van der Waals surface area contributed by atoms with Gasteiger partial charge in [0.25, 0.3) is 0 Å². The van der Waals surface area contributed by atoms with E-state index in [2.05, 4.69) is 5.32 Å². The summed E-state index contributed by atoms with van der Waals surface area (Å²) >= 11 is 6.28. The van der Waals surface area contributed by atoms with Crippen LogP contribution in [0.4, 0.5) is 4.79 Å². The van der Waals surface area contributed by atoms with Crippen molar-refractivity contribution in [2.24, 2.45) is 0 Å². The third-order valence-electron chi connectivity index (χ3n) is 4.83. The number of nitrogens with one attached hydrogen (secondary N) is 2.